The van der Waals surface area contributed by atoms with Crippen molar-refractivity contribution < 1.29 is 9.53 Å². The zero-order valence-electron chi connectivity index (χ0n) is 6.93. The maximum Gasteiger partial charge on any atom is 0.303 e. The van der Waals surface area contributed by atoms with Gasteiger partial charge in [-0.3, -0.25) is 4.79 Å². The Morgan fingerprint density at radius 1 is 1.55 bits per heavy atom. The van der Waals surface area contributed by atoms with Crippen LogP contribution >= 0.6 is 0 Å². The van der Waals surface area contributed by atoms with Crippen molar-refractivity contribution >= 4 is 5.97 Å². The first-order chi connectivity index (χ1) is 5.23. The Balaban J connectivity index is 1.96. The zero-order valence-corrected chi connectivity index (χ0v) is 6.93. The summed E-state index contributed by atoms with van der Waals surface area (Å²) in [6.07, 6.45) is 6.08. The SMILES string of the molecule is CC(=O)OC12CCCCC1C2. The lowest BCUT2D eigenvalue weighted by Crippen LogP contribution is -2.22. The average Bonchev–Trinajstić information content (AvgIpc) is 2.59. The van der Waals surface area contributed by atoms with Gasteiger partial charge in [0.1, 0.15) is 5.60 Å². The summed E-state index contributed by atoms with van der Waals surface area (Å²) in [4.78, 5) is 10.7. The third-order valence-electron chi connectivity index (χ3n) is 2.93. The molecule has 2 nitrogen and oxygen atoms in total. The molecule has 0 heterocycles. The molecule has 2 saturated carbocycles. The van der Waals surface area contributed by atoms with E-state index >= 15 is 0 Å². The highest BCUT2D eigenvalue weighted by Gasteiger charge is 2.57. The van der Waals surface area contributed by atoms with Crippen LogP contribution < -0.4 is 0 Å². The molecule has 11 heavy (non-hydrogen) atoms. The maximum atomic E-state index is 10.7. The molecular formula is C9H14O2. The van der Waals surface area contributed by atoms with Crippen LogP contribution in [-0.4, -0.2) is 11.6 Å². The second-order valence-corrected chi connectivity index (χ2v) is 3.81. The third kappa shape index (κ3) is 1.15. The summed E-state index contributed by atoms with van der Waals surface area (Å²) >= 11 is 0. The van der Waals surface area contributed by atoms with Crippen molar-refractivity contribution in [1.82, 2.24) is 0 Å². The Labute approximate surface area is 66.9 Å². The van der Waals surface area contributed by atoms with Gasteiger partial charge in [-0.15, -0.1) is 0 Å². The molecule has 2 aliphatic carbocycles. The van der Waals surface area contributed by atoms with Crippen LogP contribution in [0, 0.1) is 5.92 Å². The Kier molecular flexibility index (Phi) is 1.44. The predicted molar refractivity (Wildman–Crippen MR) is 41.1 cm³/mol. The van der Waals surface area contributed by atoms with Crippen molar-refractivity contribution in [3.05, 3.63) is 0 Å². The summed E-state index contributed by atoms with van der Waals surface area (Å²) in [5.41, 5.74) is 0.0179. The normalized spacial score (nSPS) is 41.0. The van der Waals surface area contributed by atoms with Crippen LogP contribution in [0.3, 0.4) is 0 Å². The monoisotopic (exact) mass is 154 g/mol. The van der Waals surface area contributed by atoms with E-state index in [4.69, 9.17) is 4.74 Å². The smallest absolute Gasteiger partial charge is 0.303 e. The Hall–Kier alpha value is -0.530. The number of rotatable bonds is 1. The molecule has 0 radical (unpaired) electrons. The van der Waals surface area contributed by atoms with Gasteiger partial charge in [-0.05, 0) is 25.7 Å². The quantitative estimate of drug-likeness (QED) is 0.539. The number of hydrogen-bond donors (Lipinski definition) is 0. The summed E-state index contributed by atoms with van der Waals surface area (Å²) in [5.74, 6) is 0.606. The molecule has 0 saturated heterocycles. The summed E-state index contributed by atoms with van der Waals surface area (Å²) in [6.45, 7) is 1.51. The van der Waals surface area contributed by atoms with Crippen molar-refractivity contribution in [2.45, 2.75) is 44.6 Å². The van der Waals surface area contributed by atoms with Crippen LogP contribution in [-0.2, 0) is 9.53 Å². The predicted octanol–water partition coefficient (Wildman–Crippen LogP) is 1.88. The van der Waals surface area contributed by atoms with Crippen molar-refractivity contribution in [3.8, 4) is 0 Å². The lowest BCUT2D eigenvalue weighted by molar-refractivity contribution is -0.150. The average molecular weight is 154 g/mol. The molecule has 0 bridgehead atoms. The number of carbonyl (C=O) groups excluding carboxylic acids is 1. The fourth-order valence-electron chi connectivity index (χ4n) is 2.31. The lowest BCUT2D eigenvalue weighted by atomic mass is 9.98. The second-order valence-electron chi connectivity index (χ2n) is 3.81. The van der Waals surface area contributed by atoms with Gasteiger partial charge in [0, 0.05) is 12.8 Å². The van der Waals surface area contributed by atoms with Gasteiger partial charge >= 0.3 is 5.97 Å². The molecule has 2 atom stereocenters. The van der Waals surface area contributed by atoms with Gasteiger partial charge in [0.25, 0.3) is 0 Å². The van der Waals surface area contributed by atoms with Gasteiger partial charge < -0.3 is 4.74 Å². The minimum absolute atomic E-state index is 0.0179. The maximum absolute atomic E-state index is 10.7. The minimum atomic E-state index is -0.102. The Bertz CT molecular complexity index is 188. The van der Waals surface area contributed by atoms with Crippen molar-refractivity contribution in [3.63, 3.8) is 0 Å². The van der Waals surface area contributed by atoms with Gasteiger partial charge in [-0.25, -0.2) is 0 Å². The fraction of sp³-hybridized carbons (Fsp3) is 0.889. The topological polar surface area (TPSA) is 26.3 Å². The van der Waals surface area contributed by atoms with Crippen LogP contribution in [0.15, 0.2) is 0 Å². The van der Waals surface area contributed by atoms with E-state index in [0.717, 1.165) is 12.8 Å². The molecule has 0 amide bonds. The first-order valence-electron chi connectivity index (χ1n) is 4.42. The first-order valence-corrected chi connectivity index (χ1v) is 4.42. The molecule has 2 fully saturated rings. The van der Waals surface area contributed by atoms with Crippen molar-refractivity contribution in [2.24, 2.45) is 5.92 Å². The molecule has 2 aliphatic rings. The Morgan fingerprint density at radius 2 is 2.36 bits per heavy atom. The molecule has 62 valence electrons. The Morgan fingerprint density at radius 3 is 3.00 bits per heavy atom. The van der Waals surface area contributed by atoms with Gasteiger partial charge in [-0.1, -0.05) is 6.42 Å². The van der Waals surface area contributed by atoms with E-state index < -0.39 is 0 Å². The van der Waals surface area contributed by atoms with Gasteiger partial charge in [0.2, 0.25) is 0 Å². The van der Waals surface area contributed by atoms with E-state index in [1.807, 2.05) is 0 Å². The van der Waals surface area contributed by atoms with Crippen molar-refractivity contribution in [1.29, 1.82) is 0 Å². The van der Waals surface area contributed by atoms with Crippen LogP contribution in [0.4, 0.5) is 0 Å². The fourth-order valence-corrected chi connectivity index (χ4v) is 2.31. The number of ether oxygens (including phenoxy) is 1. The van der Waals surface area contributed by atoms with E-state index in [1.54, 1.807) is 0 Å². The molecule has 0 spiro atoms. The number of hydrogen-bond acceptors (Lipinski definition) is 2. The third-order valence-corrected chi connectivity index (χ3v) is 2.93. The zero-order chi connectivity index (χ0) is 7.90. The first kappa shape index (κ1) is 7.14. The number of fused-ring (bicyclic) bond motifs is 1. The molecule has 2 heteroatoms. The second kappa shape index (κ2) is 2.23. The standard InChI is InChI=1S/C9H14O2/c1-7(10)11-9-5-3-2-4-8(9)6-9/h8H,2-6H2,1H3. The molecule has 0 N–H and O–H groups in total. The van der Waals surface area contributed by atoms with Crippen LogP contribution in [0.5, 0.6) is 0 Å². The van der Waals surface area contributed by atoms with E-state index in [2.05, 4.69) is 0 Å². The number of esters is 1. The summed E-state index contributed by atoms with van der Waals surface area (Å²) in [5, 5.41) is 0. The van der Waals surface area contributed by atoms with Gasteiger partial charge in [0.05, 0.1) is 0 Å². The largest absolute Gasteiger partial charge is 0.459 e. The molecule has 0 aliphatic heterocycles. The molecule has 2 rings (SSSR count). The van der Waals surface area contributed by atoms with E-state index in [1.165, 1.54) is 26.2 Å². The summed E-state index contributed by atoms with van der Waals surface area (Å²) in [6, 6.07) is 0. The summed E-state index contributed by atoms with van der Waals surface area (Å²) < 4.78 is 5.31. The molecule has 0 aromatic rings. The molecule has 2 unspecified atom stereocenters. The highest BCUT2D eigenvalue weighted by atomic mass is 16.6. The molecular weight excluding hydrogens is 140 g/mol. The van der Waals surface area contributed by atoms with Crippen LogP contribution in [0.1, 0.15) is 39.0 Å². The minimum Gasteiger partial charge on any atom is -0.459 e. The van der Waals surface area contributed by atoms with E-state index in [-0.39, 0.29) is 11.6 Å². The highest BCUT2D eigenvalue weighted by molar-refractivity contribution is 5.67. The van der Waals surface area contributed by atoms with Gasteiger partial charge in [-0.2, -0.15) is 0 Å². The summed E-state index contributed by atoms with van der Waals surface area (Å²) in [7, 11) is 0. The van der Waals surface area contributed by atoms with E-state index in [0.29, 0.717) is 5.92 Å². The molecule has 0 aromatic heterocycles. The number of carbonyl (C=O) groups is 1. The van der Waals surface area contributed by atoms with E-state index in [9.17, 15) is 4.79 Å². The highest BCUT2D eigenvalue weighted by Crippen LogP contribution is 2.56. The molecule has 0 aromatic carbocycles. The lowest BCUT2D eigenvalue weighted by Gasteiger charge is -2.21. The van der Waals surface area contributed by atoms with Crippen LogP contribution in [0.25, 0.3) is 0 Å². The van der Waals surface area contributed by atoms with Gasteiger partial charge in [0.15, 0.2) is 0 Å². The van der Waals surface area contributed by atoms with Crippen LogP contribution in [0.2, 0.25) is 0 Å². The van der Waals surface area contributed by atoms with Crippen molar-refractivity contribution in [2.75, 3.05) is 0 Å².